The molecule has 0 N–H and O–H groups in total. The summed E-state index contributed by atoms with van der Waals surface area (Å²) in [5.74, 6) is 4.48. The van der Waals surface area contributed by atoms with Gasteiger partial charge in [-0.3, -0.25) is 9.59 Å². The minimum atomic E-state index is -1.48. The number of rotatable bonds is 8. The van der Waals surface area contributed by atoms with Crippen LogP contribution in [-0.4, -0.2) is 26.2 Å². The lowest BCUT2D eigenvalue weighted by Crippen LogP contribution is -2.41. The van der Waals surface area contributed by atoms with Crippen LogP contribution >= 0.6 is 15.9 Å². The van der Waals surface area contributed by atoms with E-state index in [0.717, 1.165) is 12.8 Å². The van der Waals surface area contributed by atoms with E-state index in [0.29, 0.717) is 10.9 Å². The summed E-state index contributed by atoms with van der Waals surface area (Å²) in [6.07, 6.45) is 4.39. The number of halogens is 1. The van der Waals surface area contributed by atoms with Crippen molar-refractivity contribution in [3.05, 3.63) is 23.7 Å². The van der Waals surface area contributed by atoms with E-state index in [4.69, 9.17) is 9.47 Å². The third-order valence-corrected chi connectivity index (χ3v) is 3.15. The van der Waals surface area contributed by atoms with Crippen LogP contribution < -0.4 is 0 Å². The standard InChI is InChI=1S/C16H21BrO4/c1-5-6-7-8-9-10-11-16(12-13(2)17,14(18)20-3)15(19)21-4/h5H,1-2,6-8,11-12H2,3-4H3. The smallest absolute Gasteiger partial charge is 0.324 e. The number of hydrogen-bond acceptors (Lipinski definition) is 4. The van der Waals surface area contributed by atoms with Gasteiger partial charge in [-0.25, -0.2) is 0 Å². The number of esters is 2. The first-order valence-electron chi connectivity index (χ1n) is 6.51. The molecular formula is C16H21BrO4. The Morgan fingerprint density at radius 1 is 1.24 bits per heavy atom. The number of carbonyl (C=O) groups is 2. The third-order valence-electron chi connectivity index (χ3n) is 2.87. The molecule has 0 saturated heterocycles. The van der Waals surface area contributed by atoms with Crippen LogP contribution in [0.1, 0.15) is 32.1 Å². The number of methoxy groups -OCH3 is 2. The minimum Gasteiger partial charge on any atom is -0.468 e. The topological polar surface area (TPSA) is 52.6 Å². The quantitative estimate of drug-likeness (QED) is 0.220. The van der Waals surface area contributed by atoms with E-state index in [-0.39, 0.29) is 12.8 Å². The molecule has 4 nitrogen and oxygen atoms in total. The molecule has 0 aliphatic rings. The Kier molecular flexibility index (Phi) is 9.48. The Balaban J connectivity index is 5.17. The van der Waals surface area contributed by atoms with E-state index < -0.39 is 17.4 Å². The molecule has 0 aliphatic heterocycles. The molecule has 0 rings (SSSR count). The van der Waals surface area contributed by atoms with Gasteiger partial charge in [0.1, 0.15) is 0 Å². The molecule has 0 atom stereocenters. The third kappa shape index (κ3) is 6.17. The highest BCUT2D eigenvalue weighted by Gasteiger charge is 2.48. The van der Waals surface area contributed by atoms with E-state index in [1.54, 1.807) is 0 Å². The molecule has 0 spiro atoms. The second-order valence-corrected chi connectivity index (χ2v) is 5.59. The van der Waals surface area contributed by atoms with Gasteiger partial charge in [0.05, 0.1) is 14.2 Å². The zero-order chi connectivity index (χ0) is 16.3. The molecule has 0 amide bonds. The van der Waals surface area contributed by atoms with Crippen LogP contribution in [0.4, 0.5) is 0 Å². The van der Waals surface area contributed by atoms with Gasteiger partial charge >= 0.3 is 11.9 Å². The molecule has 5 heteroatoms. The first-order valence-corrected chi connectivity index (χ1v) is 7.30. The number of carbonyl (C=O) groups excluding carboxylic acids is 2. The Morgan fingerprint density at radius 2 is 1.81 bits per heavy atom. The fourth-order valence-corrected chi connectivity index (χ4v) is 2.27. The summed E-state index contributed by atoms with van der Waals surface area (Å²) in [4.78, 5) is 24.1. The molecular weight excluding hydrogens is 336 g/mol. The zero-order valence-electron chi connectivity index (χ0n) is 12.5. The van der Waals surface area contributed by atoms with Gasteiger partial charge in [0.15, 0.2) is 5.41 Å². The van der Waals surface area contributed by atoms with Crippen molar-refractivity contribution in [2.24, 2.45) is 5.41 Å². The van der Waals surface area contributed by atoms with Gasteiger partial charge in [0, 0.05) is 19.3 Å². The summed E-state index contributed by atoms with van der Waals surface area (Å²) in [6.45, 7) is 7.32. The Bertz CT molecular complexity index is 441. The molecule has 0 aromatic heterocycles. The van der Waals surface area contributed by atoms with Crippen molar-refractivity contribution in [1.29, 1.82) is 0 Å². The highest BCUT2D eigenvalue weighted by Crippen LogP contribution is 2.34. The molecule has 0 radical (unpaired) electrons. The van der Waals surface area contributed by atoms with Crippen LogP contribution in [0.25, 0.3) is 0 Å². The van der Waals surface area contributed by atoms with Crippen LogP contribution in [0, 0.1) is 17.3 Å². The maximum Gasteiger partial charge on any atom is 0.324 e. The molecule has 0 aliphatic carbocycles. The van der Waals surface area contributed by atoms with E-state index in [2.05, 4.69) is 40.9 Å². The van der Waals surface area contributed by atoms with E-state index >= 15 is 0 Å². The lowest BCUT2D eigenvalue weighted by atomic mass is 9.81. The summed E-state index contributed by atoms with van der Waals surface area (Å²) >= 11 is 3.18. The zero-order valence-corrected chi connectivity index (χ0v) is 14.1. The van der Waals surface area contributed by atoms with Crippen molar-refractivity contribution in [1.82, 2.24) is 0 Å². The highest BCUT2D eigenvalue weighted by molar-refractivity contribution is 9.11. The molecule has 0 saturated carbocycles. The maximum absolute atomic E-state index is 12.1. The van der Waals surface area contributed by atoms with Gasteiger partial charge in [-0.15, -0.1) is 18.4 Å². The van der Waals surface area contributed by atoms with Crippen LogP contribution in [0.5, 0.6) is 0 Å². The molecule has 21 heavy (non-hydrogen) atoms. The van der Waals surface area contributed by atoms with Gasteiger partial charge in [0.2, 0.25) is 0 Å². The second kappa shape index (κ2) is 10.2. The molecule has 116 valence electrons. The van der Waals surface area contributed by atoms with Gasteiger partial charge in [0.25, 0.3) is 0 Å². The Hall–Kier alpha value is -1.54. The van der Waals surface area contributed by atoms with Crippen molar-refractivity contribution in [3.63, 3.8) is 0 Å². The predicted octanol–water partition coefficient (Wildman–Crippen LogP) is 3.37. The Labute approximate surface area is 134 Å². The first-order chi connectivity index (χ1) is 9.94. The number of ether oxygens (including phenoxy) is 2. The average molecular weight is 357 g/mol. The predicted molar refractivity (Wildman–Crippen MR) is 85.6 cm³/mol. The lowest BCUT2D eigenvalue weighted by molar-refractivity contribution is -0.168. The van der Waals surface area contributed by atoms with Crippen molar-refractivity contribution in [2.75, 3.05) is 14.2 Å². The van der Waals surface area contributed by atoms with Gasteiger partial charge < -0.3 is 9.47 Å². The van der Waals surface area contributed by atoms with Crippen LogP contribution in [0.2, 0.25) is 0 Å². The summed E-state index contributed by atoms with van der Waals surface area (Å²) < 4.78 is 10.0. The summed E-state index contributed by atoms with van der Waals surface area (Å²) in [5.41, 5.74) is -1.48. The van der Waals surface area contributed by atoms with Crippen molar-refractivity contribution < 1.29 is 19.1 Å². The molecule has 0 aromatic rings. The molecule has 0 heterocycles. The Morgan fingerprint density at radius 3 is 2.24 bits per heavy atom. The van der Waals surface area contributed by atoms with E-state index in [1.807, 2.05) is 6.08 Å². The van der Waals surface area contributed by atoms with Crippen molar-refractivity contribution in [3.8, 4) is 11.8 Å². The molecule has 0 aromatic carbocycles. The van der Waals surface area contributed by atoms with Crippen LogP contribution in [0.3, 0.4) is 0 Å². The molecule has 0 bridgehead atoms. The van der Waals surface area contributed by atoms with Crippen LogP contribution in [-0.2, 0) is 19.1 Å². The van der Waals surface area contributed by atoms with E-state index in [1.165, 1.54) is 14.2 Å². The molecule has 0 fully saturated rings. The normalized spacial score (nSPS) is 10.0. The van der Waals surface area contributed by atoms with Gasteiger partial charge in [-0.1, -0.05) is 28.6 Å². The average Bonchev–Trinajstić information content (AvgIpc) is 2.47. The minimum absolute atomic E-state index is 0.0328. The number of allylic oxidation sites excluding steroid dienone is 2. The fraction of sp³-hybridized carbons (Fsp3) is 0.500. The SMILES string of the molecule is C=CCCCC#CCC(CC(=C)Br)(C(=O)OC)C(=O)OC. The molecule has 0 unspecified atom stereocenters. The van der Waals surface area contributed by atoms with Gasteiger partial charge in [-0.2, -0.15) is 0 Å². The van der Waals surface area contributed by atoms with Crippen molar-refractivity contribution >= 4 is 27.9 Å². The first kappa shape index (κ1) is 19.5. The van der Waals surface area contributed by atoms with Gasteiger partial charge in [-0.05, 0) is 17.3 Å². The van der Waals surface area contributed by atoms with Crippen LogP contribution in [0.15, 0.2) is 23.7 Å². The lowest BCUT2D eigenvalue weighted by Gasteiger charge is -2.25. The number of hydrogen-bond donors (Lipinski definition) is 0. The highest BCUT2D eigenvalue weighted by atomic mass is 79.9. The largest absolute Gasteiger partial charge is 0.468 e. The maximum atomic E-state index is 12.1. The summed E-state index contributed by atoms with van der Waals surface area (Å²) in [7, 11) is 2.46. The fourth-order valence-electron chi connectivity index (χ4n) is 1.79. The number of unbranched alkanes of at least 4 members (excludes halogenated alkanes) is 2. The monoisotopic (exact) mass is 356 g/mol. The summed E-state index contributed by atoms with van der Waals surface area (Å²) in [6, 6.07) is 0. The second-order valence-electron chi connectivity index (χ2n) is 4.47. The van der Waals surface area contributed by atoms with E-state index in [9.17, 15) is 9.59 Å². The summed E-state index contributed by atoms with van der Waals surface area (Å²) in [5, 5.41) is 0. The van der Waals surface area contributed by atoms with Crippen molar-refractivity contribution in [2.45, 2.75) is 32.1 Å².